The Morgan fingerprint density at radius 3 is 2.83 bits per heavy atom. The standard InChI is InChI=1S/C20H16N2O6S/c1-24-16-7-12(8-17-18(16)26-5-4-25-17)19(23)22-20-21-13(9-29-20)11-2-3-14-15(6-11)28-10-27-14/h2-3,6-9H,4-5,10H2,1H3,(H,21,22,23). The van der Waals surface area contributed by atoms with Crippen molar-refractivity contribution in [3.05, 3.63) is 41.3 Å². The molecule has 3 heterocycles. The Morgan fingerprint density at radius 2 is 1.93 bits per heavy atom. The first-order valence-electron chi connectivity index (χ1n) is 8.86. The molecule has 0 fully saturated rings. The van der Waals surface area contributed by atoms with Crippen molar-refractivity contribution in [1.29, 1.82) is 0 Å². The van der Waals surface area contributed by atoms with Gasteiger partial charge in [0.1, 0.15) is 13.2 Å². The minimum Gasteiger partial charge on any atom is -0.493 e. The number of hydrogen-bond acceptors (Lipinski definition) is 8. The molecule has 2 aromatic carbocycles. The van der Waals surface area contributed by atoms with Crippen LogP contribution in [0.25, 0.3) is 11.3 Å². The quantitative estimate of drug-likeness (QED) is 0.701. The van der Waals surface area contributed by atoms with Crippen LogP contribution in [0.1, 0.15) is 10.4 Å². The maximum atomic E-state index is 12.7. The number of carbonyl (C=O) groups is 1. The number of anilines is 1. The van der Waals surface area contributed by atoms with Crippen LogP contribution in [-0.4, -0.2) is 38.0 Å². The fraction of sp³-hybridized carbons (Fsp3) is 0.200. The van der Waals surface area contributed by atoms with Gasteiger partial charge in [-0.25, -0.2) is 4.98 Å². The molecule has 9 heteroatoms. The van der Waals surface area contributed by atoms with Crippen molar-refractivity contribution in [1.82, 2.24) is 4.98 Å². The number of aromatic nitrogens is 1. The van der Waals surface area contributed by atoms with Gasteiger partial charge in [-0.05, 0) is 30.3 Å². The lowest BCUT2D eigenvalue weighted by atomic mass is 10.1. The van der Waals surface area contributed by atoms with Crippen LogP contribution in [0, 0.1) is 0 Å². The lowest BCUT2D eigenvalue weighted by Crippen LogP contribution is -2.18. The molecule has 3 aromatic rings. The predicted octanol–water partition coefficient (Wildman–Crippen LogP) is 3.57. The number of nitrogens with one attached hydrogen (secondary N) is 1. The molecule has 8 nitrogen and oxygen atoms in total. The molecule has 2 aliphatic heterocycles. The largest absolute Gasteiger partial charge is 0.493 e. The third-order valence-corrected chi connectivity index (χ3v) is 5.24. The van der Waals surface area contributed by atoms with Crippen molar-refractivity contribution in [3.63, 3.8) is 0 Å². The molecule has 5 rings (SSSR count). The maximum Gasteiger partial charge on any atom is 0.257 e. The monoisotopic (exact) mass is 412 g/mol. The number of rotatable bonds is 4. The highest BCUT2D eigenvalue weighted by atomic mass is 32.1. The molecule has 0 unspecified atom stereocenters. The van der Waals surface area contributed by atoms with Gasteiger partial charge in [-0.3, -0.25) is 10.1 Å². The number of fused-ring (bicyclic) bond motifs is 2. The van der Waals surface area contributed by atoms with E-state index in [9.17, 15) is 4.79 Å². The fourth-order valence-corrected chi connectivity index (χ4v) is 3.81. The Kier molecular flexibility index (Phi) is 4.36. The number of amides is 1. The molecule has 1 amide bonds. The van der Waals surface area contributed by atoms with Gasteiger partial charge in [0.15, 0.2) is 28.1 Å². The predicted molar refractivity (Wildman–Crippen MR) is 106 cm³/mol. The van der Waals surface area contributed by atoms with Crippen molar-refractivity contribution in [2.45, 2.75) is 0 Å². The van der Waals surface area contributed by atoms with E-state index in [0.29, 0.717) is 52.7 Å². The molecule has 29 heavy (non-hydrogen) atoms. The molecule has 0 bridgehead atoms. The van der Waals surface area contributed by atoms with Gasteiger partial charge in [0.2, 0.25) is 12.5 Å². The number of nitrogens with zero attached hydrogens (tertiary/aromatic N) is 1. The Balaban J connectivity index is 1.37. The van der Waals surface area contributed by atoms with Crippen molar-refractivity contribution < 1.29 is 28.5 Å². The first-order chi connectivity index (χ1) is 14.2. The van der Waals surface area contributed by atoms with E-state index in [1.807, 2.05) is 23.6 Å². The van der Waals surface area contributed by atoms with Gasteiger partial charge in [0.05, 0.1) is 12.8 Å². The normalized spacial score (nSPS) is 13.8. The first-order valence-corrected chi connectivity index (χ1v) is 9.74. The summed E-state index contributed by atoms with van der Waals surface area (Å²) in [6, 6.07) is 8.87. The van der Waals surface area contributed by atoms with E-state index in [1.165, 1.54) is 18.4 Å². The highest BCUT2D eigenvalue weighted by molar-refractivity contribution is 7.14. The number of methoxy groups -OCH3 is 1. The van der Waals surface area contributed by atoms with Gasteiger partial charge in [0, 0.05) is 16.5 Å². The van der Waals surface area contributed by atoms with E-state index >= 15 is 0 Å². The number of benzene rings is 2. The van der Waals surface area contributed by atoms with E-state index in [-0.39, 0.29) is 12.7 Å². The summed E-state index contributed by atoms with van der Waals surface area (Å²) in [6.07, 6.45) is 0. The highest BCUT2D eigenvalue weighted by Gasteiger charge is 2.22. The zero-order valence-corrected chi connectivity index (χ0v) is 16.2. The molecular formula is C20H16N2O6S. The average molecular weight is 412 g/mol. The maximum absolute atomic E-state index is 12.7. The zero-order chi connectivity index (χ0) is 19.8. The van der Waals surface area contributed by atoms with Crippen molar-refractivity contribution in [2.75, 3.05) is 32.4 Å². The van der Waals surface area contributed by atoms with Gasteiger partial charge < -0.3 is 23.7 Å². The number of thiazole rings is 1. The third kappa shape index (κ3) is 3.29. The molecule has 0 atom stereocenters. The minimum atomic E-state index is -0.313. The second-order valence-corrected chi connectivity index (χ2v) is 7.12. The molecule has 2 aliphatic rings. The summed E-state index contributed by atoms with van der Waals surface area (Å²) in [5.41, 5.74) is 2.02. The second kappa shape index (κ2) is 7.17. The minimum absolute atomic E-state index is 0.218. The fourth-order valence-electron chi connectivity index (χ4n) is 3.09. The van der Waals surface area contributed by atoms with E-state index < -0.39 is 0 Å². The number of carbonyl (C=O) groups excluding carboxylic acids is 1. The SMILES string of the molecule is COc1cc(C(=O)Nc2nc(-c3ccc4c(c3)OCO4)cs2)cc2c1OCCO2. The first kappa shape index (κ1) is 17.6. The Bertz CT molecular complexity index is 1080. The van der Waals surface area contributed by atoms with Crippen LogP contribution in [0.4, 0.5) is 5.13 Å². The summed E-state index contributed by atoms with van der Waals surface area (Å²) in [5, 5.41) is 5.17. The molecule has 1 aromatic heterocycles. The van der Waals surface area contributed by atoms with Crippen LogP contribution in [-0.2, 0) is 0 Å². The molecule has 148 valence electrons. The van der Waals surface area contributed by atoms with Crippen LogP contribution in [0.3, 0.4) is 0 Å². The lowest BCUT2D eigenvalue weighted by Gasteiger charge is -2.21. The van der Waals surface area contributed by atoms with Gasteiger partial charge >= 0.3 is 0 Å². The van der Waals surface area contributed by atoms with Crippen molar-refractivity contribution in [2.24, 2.45) is 0 Å². The van der Waals surface area contributed by atoms with Gasteiger partial charge in [-0.15, -0.1) is 11.3 Å². The van der Waals surface area contributed by atoms with Gasteiger partial charge in [-0.1, -0.05) is 0 Å². The van der Waals surface area contributed by atoms with Crippen LogP contribution in [0.15, 0.2) is 35.7 Å². The summed E-state index contributed by atoms with van der Waals surface area (Å²) < 4.78 is 27.2. The van der Waals surface area contributed by atoms with E-state index in [0.717, 1.165) is 11.3 Å². The molecule has 0 saturated heterocycles. The summed E-state index contributed by atoms with van der Waals surface area (Å²) in [5.74, 6) is 2.53. The van der Waals surface area contributed by atoms with Crippen LogP contribution in [0.5, 0.6) is 28.7 Å². The second-order valence-electron chi connectivity index (χ2n) is 6.26. The zero-order valence-electron chi connectivity index (χ0n) is 15.4. The Morgan fingerprint density at radius 1 is 1.07 bits per heavy atom. The van der Waals surface area contributed by atoms with Crippen molar-refractivity contribution in [3.8, 4) is 40.0 Å². The summed E-state index contributed by atoms with van der Waals surface area (Å²) >= 11 is 1.34. The molecule has 0 radical (unpaired) electrons. The summed E-state index contributed by atoms with van der Waals surface area (Å²) in [7, 11) is 1.52. The Hall–Kier alpha value is -3.46. The number of hydrogen-bond donors (Lipinski definition) is 1. The van der Waals surface area contributed by atoms with Crippen molar-refractivity contribution >= 4 is 22.4 Å². The topological polar surface area (TPSA) is 88.1 Å². The van der Waals surface area contributed by atoms with Gasteiger partial charge in [-0.2, -0.15) is 0 Å². The highest BCUT2D eigenvalue weighted by Crippen LogP contribution is 2.41. The smallest absolute Gasteiger partial charge is 0.257 e. The lowest BCUT2D eigenvalue weighted by molar-refractivity contribution is 0.102. The molecule has 0 saturated carbocycles. The summed E-state index contributed by atoms with van der Waals surface area (Å²) in [4.78, 5) is 17.2. The van der Waals surface area contributed by atoms with Crippen LogP contribution >= 0.6 is 11.3 Å². The molecule has 0 spiro atoms. The van der Waals surface area contributed by atoms with Crippen LogP contribution < -0.4 is 29.0 Å². The van der Waals surface area contributed by atoms with Crippen LogP contribution in [0.2, 0.25) is 0 Å². The molecular weight excluding hydrogens is 396 g/mol. The van der Waals surface area contributed by atoms with E-state index in [2.05, 4.69) is 10.3 Å². The Labute approximate surface area is 169 Å². The van der Waals surface area contributed by atoms with E-state index in [1.54, 1.807) is 12.1 Å². The number of ether oxygens (including phenoxy) is 5. The molecule has 1 N–H and O–H groups in total. The van der Waals surface area contributed by atoms with E-state index in [4.69, 9.17) is 23.7 Å². The third-order valence-electron chi connectivity index (χ3n) is 4.48. The van der Waals surface area contributed by atoms with Gasteiger partial charge in [0.25, 0.3) is 5.91 Å². The summed E-state index contributed by atoms with van der Waals surface area (Å²) in [6.45, 7) is 1.08. The molecule has 0 aliphatic carbocycles. The average Bonchev–Trinajstić information content (AvgIpc) is 3.41.